The normalized spacial score (nSPS) is 9.33. The summed E-state index contributed by atoms with van der Waals surface area (Å²) in [5.41, 5.74) is 1.10. The number of Topliss-reactive ketones (excluding diaryl/α,β-unsaturated/α-hetero) is 1. The lowest BCUT2D eigenvalue weighted by Gasteiger charge is -2.04. The quantitative estimate of drug-likeness (QED) is 0.753. The number of ketones is 1. The van der Waals surface area contributed by atoms with Crippen LogP contribution in [0, 0.1) is 11.3 Å². The number of carboxylic acids is 1. The van der Waals surface area contributed by atoms with Crippen LogP contribution in [0.2, 0.25) is 0 Å². The van der Waals surface area contributed by atoms with E-state index in [1.165, 1.54) is 25.1 Å². The van der Waals surface area contributed by atoms with Crippen LogP contribution in [0.1, 0.15) is 28.4 Å². The van der Waals surface area contributed by atoms with Gasteiger partial charge in [0.25, 0.3) is 0 Å². The van der Waals surface area contributed by atoms with Gasteiger partial charge < -0.3 is 5.11 Å². The molecule has 1 rings (SSSR count). The molecule has 1 aromatic carbocycles. The summed E-state index contributed by atoms with van der Waals surface area (Å²) in [7, 11) is 0. The van der Waals surface area contributed by atoms with Crippen LogP contribution in [-0.2, 0) is 11.2 Å². The van der Waals surface area contributed by atoms with Crippen LogP contribution in [0.25, 0.3) is 0 Å². The fourth-order valence-corrected chi connectivity index (χ4v) is 1.29. The number of carbonyl (C=O) groups is 2. The van der Waals surface area contributed by atoms with Crippen molar-refractivity contribution in [3.63, 3.8) is 0 Å². The maximum atomic E-state index is 11.2. The van der Waals surface area contributed by atoms with Gasteiger partial charge in [-0.15, -0.1) is 0 Å². The molecule has 1 N–H and O–H groups in total. The SMILES string of the molecule is CC(=O)c1cc(C#N)ccc1CC(=O)O. The first-order valence-electron chi connectivity index (χ1n) is 4.30. The van der Waals surface area contributed by atoms with Crippen molar-refractivity contribution < 1.29 is 14.7 Å². The van der Waals surface area contributed by atoms with Crippen molar-refractivity contribution in [1.82, 2.24) is 0 Å². The third-order valence-electron chi connectivity index (χ3n) is 1.96. The maximum Gasteiger partial charge on any atom is 0.307 e. The van der Waals surface area contributed by atoms with E-state index < -0.39 is 5.97 Å². The number of carbonyl (C=O) groups excluding carboxylic acids is 1. The summed E-state index contributed by atoms with van der Waals surface area (Å²) in [5, 5.41) is 17.3. The molecule has 4 heteroatoms. The van der Waals surface area contributed by atoms with E-state index in [0.717, 1.165) is 0 Å². The Labute approximate surface area is 86.8 Å². The molecule has 0 unspecified atom stereocenters. The average Bonchev–Trinajstić information content (AvgIpc) is 2.17. The molecule has 0 radical (unpaired) electrons. The molecule has 0 amide bonds. The Morgan fingerprint density at radius 1 is 1.47 bits per heavy atom. The number of benzene rings is 1. The summed E-state index contributed by atoms with van der Waals surface area (Å²) < 4.78 is 0. The minimum Gasteiger partial charge on any atom is -0.481 e. The fraction of sp³-hybridized carbons (Fsp3) is 0.182. The summed E-state index contributed by atoms with van der Waals surface area (Å²) in [6.07, 6.45) is -0.208. The highest BCUT2D eigenvalue weighted by atomic mass is 16.4. The third-order valence-corrected chi connectivity index (χ3v) is 1.96. The predicted molar refractivity (Wildman–Crippen MR) is 52.5 cm³/mol. The van der Waals surface area contributed by atoms with Crippen molar-refractivity contribution in [2.75, 3.05) is 0 Å². The zero-order valence-corrected chi connectivity index (χ0v) is 8.15. The molecular weight excluding hydrogens is 194 g/mol. The van der Waals surface area contributed by atoms with Gasteiger partial charge in [0.1, 0.15) is 0 Å². The molecule has 4 nitrogen and oxygen atoms in total. The Balaban J connectivity index is 3.22. The molecule has 76 valence electrons. The monoisotopic (exact) mass is 203 g/mol. The zero-order valence-electron chi connectivity index (χ0n) is 8.15. The summed E-state index contributed by atoms with van der Waals surface area (Å²) in [5.74, 6) is -1.23. The van der Waals surface area contributed by atoms with E-state index in [9.17, 15) is 9.59 Å². The van der Waals surface area contributed by atoms with Crippen molar-refractivity contribution in [3.05, 3.63) is 34.9 Å². The summed E-state index contributed by atoms with van der Waals surface area (Å²) in [4.78, 5) is 21.7. The third kappa shape index (κ3) is 2.64. The second-order valence-corrected chi connectivity index (χ2v) is 3.11. The minimum atomic E-state index is -0.998. The molecule has 0 heterocycles. The molecule has 0 saturated carbocycles. The molecule has 15 heavy (non-hydrogen) atoms. The van der Waals surface area contributed by atoms with Crippen molar-refractivity contribution >= 4 is 11.8 Å². The van der Waals surface area contributed by atoms with E-state index in [1.54, 1.807) is 0 Å². The van der Waals surface area contributed by atoms with Gasteiger partial charge in [-0.1, -0.05) is 6.07 Å². The average molecular weight is 203 g/mol. The number of hydrogen-bond acceptors (Lipinski definition) is 3. The van der Waals surface area contributed by atoms with Crippen LogP contribution >= 0.6 is 0 Å². The summed E-state index contributed by atoms with van der Waals surface area (Å²) in [6.45, 7) is 1.35. The molecule has 0 saturated heterocycles. The van der Waals surface area contributed by atoms with Gasteiger partial charge >= 0.3 is 5.97 Å². The lowest BCUT2D eigenvalue weighted by Crippen LogP contribution is -2.06. The molecular formula is C11H9NO3. The van der Waals surface area contributed by atoms with E-state index in [2.05, 4.69) is 0 Å². The van der Waals surface area contributed by atoms with Gasteiger partial charge in [-0.3, -0.25) is 9.59 Å². The van der Waals surface area contributed by atoms with Crippen molar-refractivity contribution in [3.8, 4) is 6.07 Å². The number of hydrogen-bond donors (Lipinski definition) is 1. The molecule has 0 fully saturated rings. The van der Waals surface area contributed by atoms with Gasteiger partial charge in [-0.25, -0.2) is 0 Å². The number of aliphatic carboxylic acids is 1. The lowest BCUT2D eigenvalue weighted by atomic mass is 9.99. The summed E-state index contributed by atoms with van der Waals surface area (Å²) in [6, 6.07) is 6.33. The van der Waals surface area contributed by atoms with Crippen LogP contribution in [0.15, 0.2) is 18.2 Å². The van der Waals surface area contributed by atoms with Gasteiger partial charge in [-0.2, -0.15) is 5.26 Å². The van der Waals surface area contributed by atoms with E-state index in [0.29, 0.717) is 16.7 Å². The highest BCUT2D eigenvalue weighted by Crippen LogP contribution is 2.13. The molecule has 0 bridgehead atoms. The van der Waals surface area contributed by atoms with Crippen LogP contribution in [-0.4, -0.2) is 16.9 Å². The number of nitrogens with zero attached hydrogens (tertiary/aromatic N) is 1. The van der Waals surface area contributed by atoms with Crippen molar-refractivity contribution in [1.29, 1.82) is 5.26 Å². The first-order valence-corrected chi connectivity index (χ1v) is 4.30. The second-order valence-electron chi connectivity index (χ2n) is 3.11. The van der Waals surface area contributed by atoms with Gasteiger partial charge in [0.2, 0.25) is 0 Å². The van der Waals surface area contributed by atoms with Crippen molar-refractivity contribution in [2.45, 2.75) is 13.3 Å². The summed E-state index contributed by atoms with van der Waals surface area (Å²) >= 11 is 0. The van der Waals surface area contributed by atoms with E-state index in [-0.39, 0.29) is 12.2 Å². The minimum absolute atomic E-state index is 0.208. The first-order chi connectivity index (χ1) is 7.04. The highest BCUT2D eigenvalue weighted by molar-refractivity contribution is 5.96. The van der Waals surface area contributed by atoms with E-state index >= 15 is 0 Å². The van der Waals surface area contributed by atoms with Gasteiger partial charge in [0, 0.05) is 5.56 Å². The molecule has 0 aliphatic carbocycles. The smallest absolute Gasteiger partial charge is 0.307 e. The molecule has 0 aliphatic heterocycles. The topological polar surface area (TPSA) is 78.2 Å². The second kappa shape index (κ2) is 4.38. The largest absolute Gasteiger partial charge is 0.481 e. The molecule has 1 aromatic rings. The van der Waals surface area contributed by atoms with Gasteiger partial charge in [0.15, 0.2) is 5.78 Å². The first kappa shape index (κ1) is 10.9. The molecule has 0 atom stereocenters. The van der Waals surface area contributed by atoms with Gasteiger partial charge in [0.05, 0.1) is 18.1 Å². The fourth-order valence-electron chi connectivity index (χ4n) is 1.29. The zero-order chi connectivity index (χ0) is 11.4. The Morgan fingerprint density at radius 3 is 2.60 bits per heavy atom. The number of rotatable bonds is 3. The molecule has 0 spiro atoms. The standard InChI is InChI=1S/C11H9NO3/c1-7(13)10-4-8(6-12)2-3-9(10)5-11(14)15/h2-4H,5H2,1H3,(H,14,15). The maximum absolute atomic E-state index is 11.2. The van der Waals surface area contributed by atoms with Crippen LogP contribution in [0.3, 0.4) is 0 Å². The predicted octanol–water partition coefficient (Wildman–Crippen LogP) is 1.39. The van der Waals surface area contributed by atoms with E-state index in [4.69, 9.17) is 10.4 Å². The Bertz CT molecular complexity index is 457. The lowest BCUT2D eigenvalue weighted by molar-refractivity contribution is -0.136. The highest BCUT2D eigenvalue weighted by Gasteiger charge is 2.11. The van der Waals surface area contributed by atoms with Crippen LogP contribution in [0.4, 0.5) is 0 Å². The van der Waals surface area contributed by atoms with Crippen LogP contribution < -0.4 is 0 Å². The van der Waals surface area contributed by atoms with Crippen LogP contribution in [0.5, 0.6) is 0 Å². The molecule has 0 aliphatic rings. The van der Waals surface area contributed by atoms with Gasteiger partial charge in [-0.05, 0) is 24.6 Å². The van der Waals surface area contributed by atoms with E-state index in [1.807, 2.05) is 6.07 Å². The molecule has 0 aromatic heterocycles. The Hall–Kier alpha value is -2.15. The number of carboxylic acid groups (broad SMARTS) is 1. The Morgan fingerprint density at radius 2 is 2.13 bits per heavy atom. The Kier molecular flexibility index (Phi) is 3.19. The number of nitriles is 1. The van der Waals surface area contributed by atoms with Crippen molar-refractivity contribution in [2.24, 2.45) is 0 Å².